The Kier molecular flexibility index (Phi) is 3.72. The van der Waals surface area contributed by atoms with Crippen LogP contribution in [-0.4, -0.2) is 54.0 Å². The molecule has 2 saturated heterocycles. The van der Waals surface area contributed by atoms with Gasteiger partial charge in [0.25, 0.3) is 5.91 Å². The Labute approximate surface area is 133 Å². The molecule has 1 aromatic rings. The van der Waals surface area contributed by atoms with Crippen molar-refractivity contribution < 1.29 is 9.59 Å². The van der Waals surface area contributed by atoms with Gasteiger partial charge in [-0.25, -0.2) is 4.79 Å². The lowest BCUT2D eigenvalue weighted by Gasteiger charge is -2.36. The van der Waals surface area contributed by atoms with E-state index in [1.807, 2.05) is 23.1 Å². The van der Waals surface area contributed by atoms with Crippen molar-refractivity contribution in [2.45, 2.75) is 6.04 Å². The van der Waals surface area contributed by atoms with Crippen LogP contribution in [0.25, 0.3) is 0 Å². The van der Waals surface area contributed by atoms with Gasteiger partial charge < -0.3 is 15.1 Å². The van der Waals surface area contributed by atoms with E-state index in [1.165, 1.54) is 0 Å². The van der Waals surface area contributed by atoms with Crippen LogP contribution in [0.4, 0.5) is 4.79 Å². The Morgan fingerprint density at radius 3 is 2.60 bits per heavy atom. The van der Waals surface area contributed by atoms with Gasteiger partial charge in [-0.1, -0.05) is 31.9 Å². The van der Waals surface area contributed by atoms with Crippen molar-refractivity contribution in [2.75, 3.05) is 26.2 Å². The molecule has 2 aliphatic rings. The maximum absolute atomic E-state index is 12.5. The van der Waals surface area contributed by atoms with E-state index in [-0.39, 0.29) is 18.0 Å². The molecular formula is C13H13Br2N3O2. The third kappa shape index (κ3) is 2.56. The molecule has 1 atom stereocenters. The van der Waals surface area contributed by atoms with Gasteiger partial charge in [-0.3, -0.25) is 4.79 Å². The zero-order valence-electron chi connectivity index (χ0n) is 10.6. The number of nitrogens with zero attached hydrogens (tertiary/aromatic N) is 2. The molecule has 1 N–H and O–H groups in total. The number of nitrogens with one attached hydrogen (secondary N) is 1. The molecule has 0 aromatic heterocycles. The summed E-state index contributed by atoms with van der Waals surface area (Å²) in [4.78, 5) is 27.7. The first-order valence-electron chi connectivity index (χ1n) is 6.34. The van der Waals surface area contributed by atoms with Crippen molar-refractivity contribution in [3.05, 3.63) is 32.7 Å². The number of carbonyl (C=O) groups excluding carboxylic acids is 2. The molecule has 2 fully saturated rings. The molecule has 1 aromatic carbocycles. The standard InChI is InChI=1S/C13H13Br2N3O2/c14-9-3-8(4-10(15)5-9)12(19)17-1-2-18-11(7-17)6-16-13(18)20/h3-5,11H,1-2,6-7H2,(H,16,20). The van der Waals surface area contributed by atoms with Gasteiger partial charge in [0.2, 0.25) is 0 Å². The molecule has 0 radical (unpaired) electrons. The van der Waals surface area contributed by atoms with E-state index in [0.29, 0.717) is 31.7 Å². The molecule has 7 heteroatoms. The molecular weight excluding hydrogens is 390 g/mol. The number of hydrogen-bond acceptors (Lipinski definition) is 2. The predicted octanol–water partition coefficient (Wildman–Crippen LogP) is 2.06. The zero-order chi connectivity index (χ0) is 14.3. The molecule has 2 heterocycles. The van der Waals surface area contributed by atoms with E-state index >= 15 is 0 Å². The fourth-order valence-electron chi connectivity index (χ4n) is 2.65. The van der Waals surface area contributed by atoms with Gasteiger partial charge in [0.15, 0.2) is 0 Å². The molecule has 20 heavy (non-hydrogen) atoms. The minimum atomic E-state index is -0.0210. The van der Waals surface area contributed by atoms with Gasteiger partial charge >= 0.3 is 6.03 Å². The highest BCUT2D eigenvalue weighted by Gasteiger charge is 2.37. The van der Waals surface area contributed by atoms with Gasteiger partial charge in [0, 0.05) is 40.7 Å². The summed E-state index contributed by atoms with van der Waals surface area (Å²) in [5.41, 5.74) is 0.650. The second-order valence-electron chi connectivity index (χ2n) is 4.94. The number of urea groups is 1. The second kappa shape index (κ2) is 5.37. The molecule has 2 aliphatic heterocycles. The molecule has 0 aliphatic carbocycles. The van der Waals surface area contributed by atoms with Crippen LogP contribution in [0.2, 0.25) is 0 Å². The predicted molar refractivity (Wildman–Crippen MR) is 81.6 cm³/mol. The molecule has 1 unspecified atom stereocenters. The van der Waals surface area contributed by atoms with Crippen LogP contribution in [0.1, 0.15) is 10.4 Å². The Hall–Kier alpha value is -1.08. The van der Waals surface area contributed by atoms with Crippen molar-refractivity contribution in [1.29, 1.82) is 0 Å². The summed E-state index contributed by atoms with van der Waals surface area (Å²) in [5.74, 6) is 0.00555. The van der Waals surface area contributed by atoms with Crippen LogP contribution in [0.15, 0.2) is 27.1 Å². The number of piperazine rings is 1. The summed E-state index contributed by atoms with van der Waals surface area (Å²) in [6.07, 6.45) is 0. The van der Waals surface area contributed by atoms with E-state index in [9.17, 15) is 9.59 Å². The molecule has 0 saturated carbocycles. The number of hydrogen-bond donors (Lipinski definition) is 1. The number of halogens is 2. The Morgan fingerprint density at radius 1 is 1.20 bits per heavy atom. The Bertz CT molecular complexity index is 558. The van der Waals surface area contributed by atoms with Crippen LogP contribution in [0.3, 0.4) is 0 Å². The zero-order valence-corrected chi connectivity index (χ0v) is 13.8. The summed E-state index contributed by atoms with van der Waals surface area (Å²) < 4.78 is 1.73. The highest BCUT2D eigenvalue weighted by Crippen LogP contribution is 2.22. The number of carbonyl (C=O) groups is 2. The lowest BCUT2D eigenvalue weighted by molar-refractivity contribution is 0.0617. The number of amides is 3. The first-order chi connectivity index (χ1) is 9.54. The third-order valence-electron chi connectivity index (χ3n) is 3.63. The second-order valence-corrected chi connectivity index (χ2v) is 6.77. The summed E-state index contributed by atoms with van der Waals surface area (Å²) in [7, 11) is 0. The first kappa shape index (κ1) is 13.9. The summed E-state index contributed by atoms with van der Waals surface area (Å²) in [5, 5.41) is 2.81. The van der Waals surface area contributed by atoms with Crippen molar-refractivity contribution in [3.8, 4) is 0 Å². The lowest BCUT2D eigenvalue weighted by atomic mass is 10.1. The first-order valence-corrected chi connectivity index (χ1v) is 7.93. The van der Waals surface area contributed by atoms with Crippen LogP contribution in [0, 0.1) is 0 Å². The molecule has 3 rings (SSSR count). The van der Waals surface area contributed by atoms with E-state index in [4.69, 9.17) is 0 Å². The van der Waals surface area contributed by atoms with E-state index < -0.39 is 0 Å². The third-order valence-corrected chi connectivity index (χ3v) is 4.54. The normalized spacial score (nSPS) is 21.7. The number of rotatable bonds is 1. The minimum absolute atomic E-state index is 0.00555. The fourth-order valence-corrected chi connectivity index (χ4v) is 3.94. The van der Waals surface area contributed by atoms with E-state index in [0.717, 1.165) is 8.95 Å². The SMILES string of the molecule is O=C(c1cc(Br)cc(Br)c1)N1CCN2C(=O)NCC2C1. The van der Waals surface area contributed by atoms with Gasteiger partial charge in [-0.15, -0.1) is 0 Å². The van der Waals surface area contributed by atoms with Gasteiger partial charge in [-0.2, -0.15) is 0 Å². The van der Waals surface area contributed by atoms with Crippen LogP contribution < -0.4 is 5.32 Å². The van der Waals surface area contributed by atoms with Crippen molar-refractivity contribution >= 4 is 43.8 Å². The Morgan fingerprint density at radius 2 is 1.90 bits per heavy atom. The molecule has 0 spiro atoms. The minimum Gasteiger partial charge on any atom is -0.336 e. The average Bonchev–Trinajstić information content (AvgIpc) is 2.78. The maximum Gasteiger partial charge on any atom is 0.317 e. The van der Waals surface area contributed by atoms with Crippen molar-refractivity contribution in [3.63, 3.8) is 0 Å². The quantitative estimate of drug-likeness (QED) is 0.781. The molecule has 106 valence electrons. The summed E-state index contributed by atoms with van der Waals surface area (Å²) in [6, 6.07) is 5.60. The monoisotopic (exact) mass is 401 g/mol. The van der Waals surface area contributed by atoms with Crippen LogP contribution in [0.5, 0.6) is 0 Å². The van der Waals surface area contributed by atoms with Crippen molar-refractivity contribution in [2.24, 2.45) is 0 Å². The maximum atomic E-state index is 12.5. The average molecular weight is 403 g/mol. The smallest absolute Gasteiger partial charge is 0.317 e. The molecule has 0 bridgehead atoms. The van der Waals surface area contributed by atoms with Gasteiger partial charge in [0.05, 0.1) is 6.04 Å². The largest absolute Gasteiger partial charge is 0.336 e. The van der Waals surface area contributed by atoms with Crippen molar-refractivity contribution in [1.82, 2.24) is 15.1 Å². The molecule has 3 amide bonds. The van der Waals surface area contributed by atoms with E-state index in [2.05, 4.69) is 37.2 Å². The van der Waals surface area contributed by atoms with Crippen LogP contribution >= 0.6 is 31.9 Å². The topological polar surface area (TPSA) is 52.7 Å². The van der Waals surface area contributed by atoms with Gasteiger partial charge in [0.1, 0.15) is 0 Å². The number of benzene rings is 1. The van der Waals surface area contributed by atoms with E-state index in [1.54, 1.807) is 4.90 Å². The lowest BCUT2D eigenvalue weighted by Crippen LogP contribution is -2.53. The summed E-state index contributed by atoms with van der Waals surface area (Å²) in [6.45, 7) is 2.37. The Balaban J connectivity index is 1.76. The number of fused-ring (bicyclic) bond motifs is 1. The highest BCUT2D eigenvalue weighted by atomic mass is 79.9. The van der Waals surface area contributed by atoms with Gasteiger partial charge in [-0.05, 0) is 18.2 Å². The summed E-state index contributed by atoms with van der Waals surface area (Å²) >= 11 is 6.79. The molecule has 5 nitrogen and oxygen atoms in total. The highest BCUT2D eigenvalue weighted by molar-refractivity contribution is 9.11. The fraction of sp³-hybridized carbons (Fsp3) is 0.385. The van der Waals surface area contributed by atoms with Crippen LogP contribution in [-0.2, 0) is 0 Å².